The summed E-state index contributed by atoms with van der Waals surface area (Å²) in [6.07, 6.45) is 1.73. The maximum Gasteiger partial charge on any atom is 0.269 e. The largest absolute Gasteiger partial charge is 0.494 e. The van der Waals surface area contributed by atoms with Crippen molar-refractivity contribution < 1.29 is 9.53 Å². The van der Waals surface area contributed by atoms with E-state index < -0.39 is 0 Å². The number of aromatic nitrogens is 1. The highest BCUT2D eigenvalue weighted by atomic mass is 16.5. The van der Waals surface area contributed by atoms with Gasteiger partial charge in [0.05, 0.1) is 12.2 Å². The number of nitriles is 1. The Morgan fingerprint density at radius 3 is 2.55 bits per heavy atom. The molecule has 0 spiro atoms. The highest BCUT2D eigenvalue weighted by Crippen LogP contribution is 2.20. The Morgan fingerprint density at radius 2 is 2.00 bits per heavy atom. The number of benzene rings is 1. The number of nitrogens with one attached hydrogen (secondary N) is 1. The van der Waals surface area contributed by atoms with Crippen LogP contribution in [0.1, 0.15) is 36.8 Å². The van der Waals surface area contributed by atoms with E-state index >= 15 is 0 Å². The summed E-state index contributed by atoms with van der Waals surface area (Å²) in [6, 6.07) is 11.1. The fourth-order valence-electron chi connectivity index (χ4n) is 2.17. The van der Waals surface area contributed by atoms with Gasteiger partial charge in [-0.3, -0.25) is 4.79 Å². The molecule has 1 heterocycles. The quantitative estimate of drug-likeness (QED) is 0.922. The van der Waals surface area contributed by atoms with E-state index in [9.17, 15) is 10.1 Å². The lowest BCUT2D eigenvalue weighted by Crippen LogP contribution is -2.32. The van der Waals surface area contributed by atoms with E-state index in [1.807, 2.05) is 45.0 Å². The summed E-state index contributed by atoms with van der Waals surface area (Å²) in [5, 5.41) is 12.0. The monoisotopic (exact) mass is 297 g/mol. The first-order valence-electron chi connectivity index (χ1n) is 7.22. The molecule has 1 aromatic heterocycles. The van der Waals surface area contributed by atoms with Crippen LogP contribution in [0.4, 0.5) is 0 Å². The Kier molecular flexibility index (Phi) is 4.84. The van der Waals surface area contributed by atoms with Crippen molar-refractivity contribution in [3.8, 4) is 17.5 Å². The molecule has 0 aliphatic rings. The molecule has 2 rings (SSSR count). The van der Waals surface area contributed by atoms with E-state index in [0.29, 0.717) is 17.9 Å². The van der Waals surface area contributed by atoms with Gasteiger partial charge in [0, 0.05) is 17.9 Å². The minimum Gasteiger partial charge on any atom is -0.494 e. The second-order valence-corrected chi connectivity index (χ2v) is 5.11. The molecule has 114 valence electrons. The molecule has 5 heteroatoms. The van der Waals surface area contributed by atoms with Crippen LogP contribution < -0.4 is 10.1 Å². The van der Waals surface area contributed by atoms with Gasteiger partial charge in [-0.25, -0.2) is 0 Å². The maximum absolute atomic E-state index is 12.4. The standard InChI is InChI=1S/C17H19N3O2/c1-4-22-15-7-5-14(6-8-15)20-10-9-13(11-18)16(20)17(21)19-12(2)3/h5-10,12H,4H2,1-3H3,(H,19,21). The molecule has 5 nitrogen and oxygen atoms in total. The Hall–Kier alpha value is -2.74. The first-order valence-corrected chi connectivity index (χ1v) is 7.22. The molecular weight excluding hydrogens is 278 g/mol. The summed E-state index contributed by atoms with van der Waals surface area (Å²) in [7, 11) is 0. The van der Waals surface area contributed by atoms with Crippen LogP contribution in [0.3, 0.4) is 0 Å². The highest BCUT2D eigenvalue weighted by Gasteiger charge is 2.18. The van der Waals surface area contributed by atoms with Crippen LogP contribution in [0.5, 0.6) is 5.75 Å². The average molecular weight is 297 g/mol. The second-order valence-electron chi connectivity index (χ2n) is 5.11. The zero-order valence-electron chi connectivity index (χ0n) is 13.0. The molecule has 0 fully saturated rings. The number of hydrogen-bond donors (Lipinski definition) is 1. The number of rotatable bonds is 5. The zero-order valence-corrected chi connectivity index (χ0v) is 13.0. The van der Waals surface area contributed by atoms with Gasteiger partial charge in [0.1, 0.15) is 17.5 Å². The van der Waals surface area contributed by atoms with Crippen molar-refractivity contribution in [3.05, 3.63) is 47.8 Å². The fraction of sp³-hybridized carbons (Fsp3) is 0.294. The van der Waals surface area contributed by atoms with Gasteiger partial charge in [-0.05, 0) is 51.1 Å². The molecule has 0 bridgehead atoms. The topological polar surface area (TPSA) is 67.0 Å². The van der Waals surface area contributed by atoms with Gasteiger partial charge in [0.25, 0.3) is 5.91 Å². The van der Waals surface area contributed by atoms with E-state index in [0.717, 1.165) is 11.4 Å². The normalized spacial score (nSPS) is 10.3. The fourth-order valence-corrected chi connectivity index (χ4v) is 2.17. The molecule has 0 aliphatic carbocycles. The number of nitrogens with zero attached hydrogens (tertiary/aromatic N) is 2. The molecule has 0 atom stereocenters. The van der Waals surface area contributed by atoms with Crippen LogP contribution in [0.2, 0.25) is 0 Å². The molecule has 22 heavy (non-hydrogen) atoms. The van der Waals surface area contributed by atoms with Gasteiger partial charge in [-0.15, -0.1) is 0 Å². The third kappa shape index (κ3) is 3.29. The van der Waals surface area contributed by atoms with Crippen LogP contribution in [-0.2, 0) is 0 Å². The highest BCUT2D eigenvalue weighted by molar-refractivity contribution is 5.96. The van der Waals surface area contributed by atoms with E-state index in [2.05, 4.69) is 11.4 Å². The summed E-state index contributed by atoms with van der Waals surface area (Å²) < 4.78 is 7.13. The summed E-state index contributed by atoms with van der Waals surface area (Å²) in [5.74, 6) is 0.512. The Balaban J connectivity index is 2.41. The SMILES string of the molecule is CCOc1ccc(-n2ccc(C#N)c2C(=O)NC(C)C)cc1. The van der Waals surface area contributed by atoms with Crippen LogP contribution in [0, 0.1) is 11.3 Å². The molecule has 1 aromatic carbocycles. The molecule has 1 amide bonds. The summed E-state index contributed by atoms with van der Waals surface area (Å²) in [6.45, 7) is 6.29. The van der Waals surface area contributed by atoms with Crippen molar-refractivity contribution in [1.82, 2.24) is 9.88 Å². The van der Waals surface area contributed by atoms with Crippen LogP contribution in [-0.4, -0.2) is 23.1 Å². The first kappa shape index (κ1) is 15.6. The van der Waals surface area contributed by atoms with Gasteiger partial charge in [0.15, 0.2) is 0 Å². The zero-order chi connectivity index (χ0) is 16.1. The van der Waals surface area contributed by atoms with E-state index in [-0.39, 0.29) is 11.9 Å². The maximum atomic E-state index is 12.4. The third-order valence-corrected chi connectivity index (χ3v) is 3.07. The number of ether oxygens (including phenoxy) is 1. The molecule has 2 aromatic rings. The minimum absolute atomic E-state index is 0.00252. The molecule has 0 saturated heterocycles. The predicted molar refractivity (Wildman–Crippen MR) is 84.3 cm³/mol. The lowest BCUT2D eigenvalue weighted by molar-refractivity contribution is 0.0936. The van der Waals surface area contributed by atoms with Gasteiger partial charge in [-0.2, -0.15) is 5.26 Å². The number of carbonyl (C=O) groups is 1. The third-order valence-electron chi connectivity index (χ3n) is 3.07. The smallest absolute Gasteiger partial charge is 0.269 e. The Morgan fingerprint density at radius 1 is 1.32 bits per heavy atom. The lowest BCUT2D eigenvalue weighted by Gasteiger charge is -2.13. The molecule has 0 radical (unpaired) electrons. The molecule has 0 aliphatic heterocycles. The van der Waals surface area contributed by atoms with Crippen molar-refractivity contribution >= 4 is 5.91 Å². The summed E-state index contributed by atoms with van der Waals surface area (Å²) in [5.41, 5.74) is 1.51. The number of hydrogen-bond acceptors (Lipinski definition) is 3. The van der Waals surface area contributed by atoms with Crippen molar-refractivity contribution in [2.24, 2.45) is 0 Å². The Bertz CT molecular complexity index is 694. The van der Waals surface area contributed by atoms with Crippen molar-refractivity contribution in [3.63, 3.8) is 0 Å². The van der Waals surface area contributed by atoms with E-state index in [1.165, 1.54) is 0 Å². The second kappa shape index (κ2) is 6.81. The number of amides is 1. The molecular formula is C17H19N3O2. The number of carbonyl (C=O) groups excluding carboxylic acids is 1. The van der Waals surface area contributed by atoms with E-state index in [1.54, 1.807) is 16.8 Å². The van der Waals surface area contributed by atoms with Crippen LogP contribution >= 0.6 is 0 Å². The van der Waals surface area contributed by atoms with Crippen molar-refractivity contribution in [2.75, 3.05) is 6.61 Å². The molecule has 0 unspecified atom stereocenters. The van der Waals surface area contributed by atoms with Gasteiger partial charge >= 0.3 is 0 Å². The van der Waals surface area contributed by atoms with Gasteiger partial charge in [-0.1, -0.05) is 0 Å². The van der Waals surface area contributed by atoms with Crippen molar-refractivity contribution in [2.45, 2.75) is 26.8 Å². The van der Waals surface area contributed by atoms with Crippen LogP contribution in [0.25, 0.3) is 5.69 Å². The lowest BCUT2D eigenvalue weighted by atomic mass is 10.2. The summed E-state index contributed by atoms with van der Waals surface area (Å²) >= 11 is 0. The minimum atomic E-state index is -0.259. The van der Waals surface area contributed by atoms with Crippen LogP contribution in [0.15, 0.2) is 36.5 Å². The predicted octanol–water partition coefficient (Wildman–Crippen LogP) is 2.89. The molecule has 1 N–H and O–H groups in total. The van der Waals surface area contributed by atoms with E-state index in [4.69, 9.17) is 4.74 Å². The summed E-state index contributed by atoms with van der Waals surface area (Å²) in [4.78, 5) is 12.4. The first-order chi connectivity index (χ1) is 10.6. The van der Waals surface area contributed by atoms with Crippen molar-refractivity contribution in [1.29, 1.82) is 5.26 Å². The molecule has 0 saturated carbocycles. The van der Waals surface area contributed by atoms with Gasteiger partial charge in [0.2, 0.25) is 0 Å². The Labute approximate surface area is 130 Å². The average Bonchev–Trinajstić information content (AvgIpc) is 2.91. The van der Waals surface area contributed by atoms with Gasteiger partial charge < -0.3 is 14.6 Å².